The molecular formula is C14H23N3O4. The number of aryl methyl sites for hydroxylation is 1. The van der Waals surface area contributed by atoms with Crippen LogP contribution in [-0.2, 0) is 16.1 Å². The summed E-state index contributed by atoms with van der Waals surface area (Å²) >= 11 is 0. The third kappa shape index (κ3) is 5.85. The Kier molecular flexibility index (Phi) is 5.75. The van der Waals surface area contributed by atoms with Gasteiger partial charge in [0.2, 0.25) is 0 Å². The van der Waals surface area contributed by atoms with E-state index in [1.54, 1.807) is 33.3 Å². The number of nitrogens with zero attached hydrogens (tertiary/aromatic N) is 2. The van der Waals surface area contributed by atoms with Crippen LogP contribution in [0.5, 0.6) is 0 Å². The summed E-state index contributed by atoms with van der Waals surface area (Å²) in [4.78, 5) is 26.9. The molecule has 1 aromatic heterocycles. The smallest absolute Gasteiger partial charge is 0.408 e. The van der Waals surface area contributed by atoms with Crippen LogP contribution in [-0.4, -0.2) is 32.3 Å². The number of amides is 1. The Hall–Kier alpha value is -2.05. The maximum Gasteiger partial charge on any atom is 0.408 e. The Morgan fingerprint density at radius 3 is 2.67 bits per heavy atom. The van der Waals surface area contributed by atoms with E-state index in [1.165, 1.54) is 0 Å². The number of imidazole rings is 1. The number of aliphatic carboxylic acids is 1. The summed E-state index contributed by atoms with van der Waals surface area (Å²) in [6.45, 7) is 7.97. The number of hydrogen-bond acceptors (Lipinski definition) is 4. The van der Waals surface area contributed by atoms with Gasteiger partial charge in [0.15, 0.2) is 0 Å². The number of nitrogens with one attached hydrogen (secondary N) is 1. The van der Waals surface area contributed by atoms with Crippen molar-refractivity contribution in [3.8, 4) is 0 Å². The largest absolute Gasteiger partial charge is 0.481 e. The van der Waals surface area contributed by atoms with Crippen LogP contribution in [0.4, 0.5) is 4.79 Å². The van der Waals surface area contributed by atoms with Gasteiger partial charge in [0.25, 0.3) is 0 Å². The SMILES string of the molecule is CCCn1cncc1[C@H](CC(=O)O)NC(=O)OC(C)(C)C. The molecule has 0 aliphatic rings. The standard InChI is InChI=1S/C14H23N3O4/c1-5-6-17-9-15-8-11(17)10(7-12(18)19)16-13(20)21-14(2,3)4/h8-10H,5-7H2,1-4H3,(H,16,20)(H,18,19)/t10-/m0/s1. The van der Waals surface area contributed by atoms with Crippen molar-refractivity contribution in [2.24, 2.45) is 0 Å². The number of carboxylic acid groups (broad SMARTS) is 1. The normalized spacial score (nSPS) is 12.8. The topological polar surface area (TPSA) is 93.5 Å². The molecule has 0 spiro atoms. The minimum absolute atomic E-state index is 0.228. The molecule has 0 saturated carbocycles. The molecule has 0 unspecified atom stereocenters. The second kappa shape index (κ2) is 7.10. The van der Waals surface area contributed by atoms with Crippen LogP contribution in [0, 0.1) is 0 Å². The van der Waals surface area contributed by atoms with Crippen molar-refractivity contribution >= 4 is 12.1 Å². The zero-order valence-electron chi connectivity index (χ0n) is 12.9. The van der Waals surface area contributed by atoms with Crippen molar-refractivity contribution in [1.29, 1.82) is 0 Å². The summed E-state index contributed by atoms with van der Waals surface area (Å²) in [5.74, 6) is -1.000. The minimum atomic E-state index is -1.000. The molecule has 1 rings (SSSR count). The Morgan fingerprint density at radius 2 is 2.14 bits per heavy atom. The number of aromatic nitrogens is 2. The molecule has 118 valence electrons. The minimum Gasteiger partial charge on any atom is -0.481 e. The van der Waals surface area contributed by atoms with E-state index >= 15 is 0 Å². The van der Waals surface area contributed by atoms with E-state index in [4.69, 9.17) is 9.84 Å². The van der Waals surface area contributed by atoms with Gasteiger partial charge in [0.05, 0.1) is 30.7 Å². The van der Waals surface area contributed by atoms with Crippen molar-refractivity contribution in [2.75, 3.05) is 0 Å². The van der Waals surface area contributed by atoms with Crippen LogP contribution in [0.25, 0.3) is 0 Å². The van der Waals surface area contributed by atoms with Gasteiger partial charge < -0.3 is 19.7 Å². The predicted octanol–water partition coefficient (Wildman–Crippen LogP) is 2.33. The molecule has 1 heterocycles. The molecule has 0 aliphatic carbocycles. The molecule has 0 aromatic carbocycles. The third-order valence-corrected chi connectivity index (χ3v) is 2.64. The van der Waals surface area contributed by atoms with Crippen LogP contribution in [0.3, 0.4) is 0 Å². The molecular weight excluding hydrogens is 274 g/mol. The van der Waals surface area contributed by atoms with Crippen LogP contribution in [0.2, 0.25) is 0 Å². The van der Waals surface area contributed by atoms with Crippen molar-refractivity contribution in [2.45, 2.75) is 58.7 Å². The van der Waals surface area contributed by atoms with E-state index in [1.807, 2.05) is 11.5 Å². The number of carboxylic acids is 1. The first-order valence-corrected chi connectivity index (χ1v) is 6.94. The highest BCUT2D eigenvalue weighted by Crippen LogP contribution is 2.18. The fourth-order valence-electron chi connectivity index (χ4n) is 1.90. The Morgan fingerprint density at radius 1 is 1.48 bits per heavy atom. The quantitative estimate of drug-likeness (QED) is 0.840. The van der Waals surface area contributed by atoms with Crippen molar-refractivity contribution in [3.05, 3.63) is 18.2 Å². The first-order chi connectivity index (χ1) is 9.73. The number of alkyl carbamates (subject to hydrolysis) is 1. The maximum absolute atomic E-state index is 11.9. The van der Waals surface area contributed by atoms with Gasteiger partial charge in [-0.05, 0) is 27.2 Å². The Labute approximate surface area is 124 Å². The molecule has 0 radical (unpaired) electrons. The van der Waals surface area contributed by atoms with E-state index in [-0.39, 0.29) is 6.42 Å². The molecule has 0 aliphatic heterocycles. The first kappa shape index (κ1) is 17.0. The van der Waals surface area contributed by atoms with E-state index < -0.39 is 23.7 Å². The van der Waals surface area contributed by atoms with Gasteiger partial charge in [0.1, 0.15) is 5.60 Å². The monoisotopic (exact) mass is 297 g/mol. The van der Waals surface area contributed by atoms with Crippen molar-refractivity contribution in [1.82, 2.24) is 14.9 Å². The van der Waals surface area contributed by atoms with Gasteiger partial charge in [-0.1, -0.05) is 6.92 Å². The van der Waals surface area contributed by atoms with Gasteiger partial charge in [-0.25, -0.2) is 9.78 Å². The van der Waals surface area contributed by atoms with E-state index in [9.17, 15) is 9.59 Å². The second-order valence-corrected chi connectivity index (χ2v) is 5.81. The summed E-state index contributed by atoms with van der Waals surface area (Å²) in [7, 11) is 0. The molecule has 2 N–H and O–H groups in total. The van der Waals surface area contributed by atoms with E-state index in [0.717, 1.165) is 6.42 Å². The number of carbonyl (C=O) groups excluding carboxylic acids is 1. The summed E-state index contributed by atoms with van der Waals surface area (Å²) < 4.78 is 7.01. The molecule has 0 bridgehead atoms. The van der Waals surface area contributed by atoms with Crippen LogP contribution in [0.1, 0.15) is 52.3 Å². The number of ether oxygens (including phenoxy) is 1. The van der Waals surface area contributed by atoms with Crippen LogP contribution >= 0.6 is 0 Å². The molecule has 1 atom stereocenters. The lowest BCUT2D eigenvalue weighted by Crippen LogP contribution is -2.36. The Bertz CT molecular complexity index is 491. The molecule has 7 nitrogen and oxygen atoms in total. The number of hydrogen-bond donors (Lipinski definition) is 2. The molecule has 0 fully saturated rings. The zero-order valence-corrected chi connectivity index (χ0v) is 12.9. The highest BCUT2D eigenvalue weighted by molar-refractivity contribution is 5.72. The van der Waals surface area contributed by atoms with Gasteiger partial charge in [-0.3, -0.25) is 4.79 Å². The number of carbonyl (C=O) groups is 2. The average molecular weight is 297 g/mol. The number of rotatable bonds is 6. The molecule has 1 amide bonds. The lowest BCUT2D eigenvalue weighted by Gasteiger charge is -2.23. The zero-order chi connectivity index (χ0) is 16.0. The van der Waals surface area contributed by atoms with Gasteiger partial charge in [0, 0.05) is 6.54 Å². The van der Waals surface area contributed by atoms with Gasteiger partial charge >= 0.3 is 12.1 Å². The fourth-order valence-corrected chi connectivity index (χ4v) is 1.90. The summed E-state index contributed by atoms with van der Waals surface area (Å²) in [5.41, 5.74) is 0.0201. The first-order valence-electron chi connectivity index (χ1n) is 6.94. The van der Waals surface area contributed by atoms with Crippen molar-refractivity contribution < 1.29 is 19.4 Å². The highest BCUT2D eigenvalue weighted by atomic mass is 16.6. The summed E-state index contributed by atoms with van der Waals surface area (Å²) in [6.07, 6.45) is 3.22. The van der Waals surface area contributed by atoms with Crippen molar-refractivity contribution in [3.63, 3.8) is 0 Å². The van der Waals surface area contributed by atoms with E-state index in [0.29, 0.717) is 12.2 Å². The summed E-state index contributed by atoms with van der Waals surface area (Å²) in [5, 5.41) is 11.6. The van der Waals surface area contributed by atoms with Gasteiger partial charge in [-0.15, -0.1) is 0 Å². The highest BCUT2D eigenvalue weighted by Gasteiger charge is 2.24. The molecule has 7 heteroatoms. The fraction of sp³-hybridized carbons (Fsp3) is 0.643. The average Bonchev–Trinajstić information content (AvgIpc) is 2.73. The predicted molar refractivity (Wildman–Crippen MR) is 76.9 cm³/mol. The molecule has 21 heavy (non-hydrogen) atoms. The Balaban J connectivity index is 2.87. The lowest BCUT2D eigenvalue weighted by atomic mass is 10.1. The lowest BCUT2D eigenvalue weighted by molar-refractivity contribution is -0.137. The maximum atomic E-state index is 11.9. The molecule has 1 aromatic rings. The second-order valence-electron chi connectivity index (χ2n) is 5.81. The molecule has 0 saturated heterocycles. The van der Waals surface area contributed by atoms with Gasteiger partial charge in [-0.2, -0.15) is 0 Å². The van der Waals surface area contributed by atoms with E-state index in [2.05, 4.69) is 10.3 Å². The third-order valence-electron chi connectivity index (χ3n) is 2.64. The van der Waals surface area contributed by atoms with Crippen LogP contribution < -0.4 is 5.32 Å². The summed E-state index contributed by atoms with van der Waals surface area (Å²) in [6, 6.07) is -0.675. The van der Waals surface area contributed by atoms with Crippen LogP contribution in [0.15, 0.2) is 12.5 Å².